The van der Waals surface area contributed by atoms with Gasteiger partial charge in [-0.1, -0.05) is 32.8 Å². The second-order valence-electron chi connectivity index (χ2n) is 6.67. The number of benzene rings is 1. The molecule has 0 aromatic heterocycles. The van der Waals surface area contributed by atoms with E-state index in [1.807, 2.05) is 14.0 Å². The lowest BCUT2D eigenvalue weighted by molar-refractivity contribution is 0.101. The molecular formula is C17H26FN. The van der Waals surface area contributed by atoms with Gasteiger partial charge >= 0.3 is 0 Å². The maximum absolute atomic E-state index is 13.7. The van der Waals surface area contributed by atoms with E-state index in [1.54, 1.807) is 12.1 Å². The molecule has 2 atom stereocenters. The number of halogens is 1. The van der Waals surface area contributed by atoms with Crippen LogP contribution in [0.4, 0.5) is 4.39 Å². The van der Waals surface area contributed by atoms with Crippen LogP contribution in [0, 0.1) is 24.1 Å². The molecule has 0 radical (unpaired) electrons. The van der Waals surface area contributed by atoms with Crippen molar-refractivity contribution < 1.29 is 4.39 Å². The summed E-state index contributed by atoms with van der Waals surface area (Å²) in [5.74, 6) is 0.455. The van der Waals surface area contributed by atoms with Crippen LogP contribution in [0.25, 0.3) is 0 Å². The standard InChI is InChI=1S/C17H26FN/c1-12-9-13(11-14(18)10-12)16(19-4)15-7-5-6-8-17(15,2)3/h9-11,15-16,19H,5-8H2,1-4H3. The van der Waals surface area contributed by atoms with E-state index in [0.29, 0.717) is 11.3 Å². The monoisotopic (exact) mass is 263 g/mol. The number of aryl methyl sites for hydroxylation is 1. The van der Waals surface area contributed by atoms with Crippen molar-refractivity contribution in [1.82, 2.24) is 5.32 Å². The number of hydrogen-bond acceptors (Lipinski definition) is 1. The van der Waals surface area contributed by atoms with E-state index in [0.717, 1.165) is 11.1 Å². The molecule has 1 N–H and O–H groups in total. The molecule has 1 fully saturated rings. The topological polar surface area (TPSA) is 12.0 Å². The van der Waals surface area contributed by atoms with Gasteiger partial charge < -0.3 is 5.32 Å². The van der Waals surface area contributed by atoms with E-state index in [4.69, 9.17) is 0 Å². The quantitative estimate of drug-likeness (QED) is 0.839. The molecule has 19 heavy (non-hydrogen) atoms. The lowest BCUT2D eigenvalue weighted by Crippen LogP contribution is -2.37. The molecule has 1 nitrogen and oxygen atoms in total. The van der Waals surface area contributed by atoms with Gasteiger partial charge in [0.25, 0.3) is 0 Å². The summed E-state index contributed by atoms with van der Waals surface area (Å²) in [6, 6.07) is 5.67. The molecule has 0 spiro atoms. The maximum Gasteiger partial charge on any atom is 0.123 e. The molecule has 1 aromatic rings. The first-order valence-electron chi connectivity index (χ1n) is 7.38. The van der Waals surface area contributed by atoms with Gasteiger partial charge in [0.2, 0.25) is 0 Å². The van der Waals surface area contributed by atoms with Gasteiger partial charge in [-0.3, -0.25) is 0 Å². The highest BCUT2D eigenvalue weighted by atomic mass is 19.1. The zero-order valence-corrected chi connectivity index (χ0v) is 12.6. The van der Waals surface area contributed by atoms with Crippen molar-refractivity contribution in [2.45, 2.75) is 52.5 Å². The van der Waals surface area contributed by atoms with Gasteiger partial charge in [-0.15, -0.1) is 0 Å². The van der Waals surface area contributed by atoms with Crippen molar-refractivity contribution in [3.05, 3.63) is 35.1 Å². The SMILES string of the molecule is CNC(c1cc(C)cc(F)c1)C1CCCCC1(C)C. The summed E-state index contributed by atoms with van der Waals surface area (Å²) in [4.78, 5) is 0. The van der Waals surface area contributed by atoms with Crippen LogP contribution in [0.1, 0.15) is 56.7 Å². The largest absolute Gasteiger partial charge is 0.313 e. The van der Waals surface area contributed by atoms with Gasteiger partial charge in [0.1, 0.15) is 5.82 Å². The lowest BCUT2D eigenvalue weighted by Gasteiger charge is -2.43. The van der Waals surface area contributed by atoms with Crippen molar-refractivity contribution in [3.8, 4) is 0 Å². The Morgan fingerprint density at radius 3 is 2.58 bits per heavy atom. The zero-order chi connectivity index (χ0) is 14.0. The van der Waals surface area contributed by atoms with Gasteiger partial charge in [-0.2, -0.15) is 0 Å². The van der Waals surface area contributed by atoms with Crippen LogP contribution in [-0.2, 0) is 0 Å². The first-order chi connectivity index (χ1) is 8.94. The van der Waals surface area contributed by atoms with Crippen LogP contribution in [0.5, 0.6) is 0 Å². The lowest BCUT2D eigenvalue weighted by atomic mass is 9.65. The minimum absolute atomic E-state index is 0.121. The molecule has 2 unspecified atom stereocenters. The molecular weight excluding hydrogens is 237 g/mol. The molecule has 0 heterocycles. The maximum atomic E-state index is 13.7. The van der Waals surface area contributed by atoms with Gasteiger partial charge in [0.05, 0.1) is 0 Å². The summed E-state index contributed by atoms with van der Waals surface area (Å²) in [6.45, 7) is 6.67. The Morgan fingerprint density at radius 1 is 1.26 bits per heavy atom. The fraction of sp³-hybridized carbons (Fsp3) is 0.647. The molecule has 0 amide bonds. The fourth-order valence-electron chi connectivity index (χ4n) is 3.68. The van der Waals surface area contributed by atoms with Crippen molar-refractivity contribution in [3.63, 3.8) is 0 Å². The Kier molecular flexibility index (Phi) is 4.29. The van der Waals surface area contributed by atoms with E-state index >= 15 is 0 Å². The Morgan fingerprint density at radius 2 is 2.00 bits per heavy atom. The molecule has 106 valence electrons. The van der Waals surface area contributed by atoms with Gasteiger partial charge in [-0.05, 0) is 61.4 Å². The van der Waals surface area contributed by atoms with Gasteiger partial charge in [-0.25, -0.2) is 4.39 Å². The summed E-state index contributed by atoms with van der Waals surface area (Å²) in [5.41, 5.74) is 2.43. The third-order valence-corrected chi connectivity index (χ3v) is 4.73. The van der Waals surface area contributed by atoms with E-state index < -0.39 is 0 Å². The van der Waals surface area contributed by atoms with E-state index in [2.05, 4.69) is 25.2 Å². The summed E-state index contributed by atoms with van der Waals surface area (Å²) in [7, 11) is 2.00. The van der Waals surface area contributed by atoms with Crippen LogP contribution in [0.15, 0.2) is 18.2 Å². The molecule has 1 aliphatic rings. The van der Waals surface area contributed by atoms with E-state index in [1.165, 1.54) is 25.7 Å². The smallest absolute Gasteiger partial charge is 0.123 e. The Bertz CT molecular complexity index is 419. The van der Waals surface area contributed by atoms with Gasteiger partial charge in [0, 0.05) is 6.04 Å². The van der Waals surface area contributed by atoms with Gasteiger partial charge in [0.15, 0.2) is 0 Å². The van der Waals surface area contributed by atoms with Crippen molar-refractivity contribution in [2.24, 2.45) is 11.3 Å². The highest BCUT2D eigenvalue weighted by Crippen LogP contribution is 2.46. The highest BCUT2D eigenvalue weighted by molar-refractivity contribution is 5.27. The zero-order valence-electron chi connectivity index (χ0n) is 12.6. The third kappa shape index (κ3) is 3.17. The summed E-state index contributed by atoms with van der Waals surface area (Å²) in [5, 5.41) is 3.43. The molecule has 2 rings (SSSR count). The predicted molar refractivity (Wildman–Crippen MR) is 78.7 cm³/mol. The minimum atomic E-state index is -0.121. The fourth-order valence-corrected chi connectivity index (χ4v) is 3.68. The molecule has 1 saturated carbocycles. The van der Waals surface area contributed by atoms with Crippen LogP contribution in [0.3, 0.4) is 0 Å². The van der Waals surface area contributed by atoms with Crippen LogP contribution >= 0.6 is 0 Å². The van der Waals surface area contributed by atoms with Crippen molar-refractivity contribution >= 4 is 0 Å². The number of hydrogen-bond donors (Lipinski definition) is 1. The summed E-state index contributed by atoms with van der Waals surface area (Å²) in [6.07, 6.45) is 5.11. The van der Waals surface area contributed by atoms with Crippen molar-refractivity contribution in [1.29, 1.82) is 0 Å². The average molecular weight is 263 g/mol. The molecule has 1 aromatic carbocycles. The predicted octanol–water partition coefficient (Wildman–Crippen LogP) is 4.61. The molecule has 2 heteroatoms. The minimum Gasteiger partial charge on any atom is -0.313 e. The van der Waals surface area contributed by atoms with E-state index in [9.17, 15) is 4.39 Å². The summed E-state index contributed by atoms with van der Waals surface area (Å²) >= 11 is 0. The van der Waals surface area contributed by atoms with Crippen LogP contribution in [-0.4, -0.2) is 7.05 Å². The van der Waals surface area contributed by atoms with Crippen LogP contribution < -0.4 is 5.32 Å². The highest BCUT2D eigenvalue weighted by Gasteiger charge is 2.37. The molecule has 0 bridgehead atoms. The molecule has 0 saturated heterocycles. The molecule has 0 aliphatic heterocycles. The number of nitrogens with one attached hydrogen (secondary N) is 1. The second-order valence-corrected chi connectivity index (χ2v) is 6.67. The first-order valence-corrected chi connectivity index (χ1v) is 7.38. The average Bonchev–Trinajstić information content (AvgIpc) is 2.30. The summed E-state index contributed by atoms with van der Waals surface area (Å²) < 4.78 is 13.7. The Hall–Kier alpha value is -0.890. The van der Waals surface area contributed by atoms with Crippen molar-refractivity contribution in [2.75, 3.05) is 7.05 Å². The Labute approximate surface area is 116 Å². The van der Waals surface area contributed by atoms with E-state index in [-0.39, 0.29) is 11.9 Å². The number of rotatable bonds is 3. The first kappa shape index (κ1) is 14.5. The third-order valence-electron chi connectivity index (χ3n) is 4.73. The van der Waals surface area contributed by atoms with Crippen LogP contribution in [0.2, 0.25) is 0 Å². The Balaban J connectivity index is 2.33. The molecule has 1 aliphatic carbocycles. The second kappa shape index (κ2) is 5.62. The normalized spacial score (nSPS) is 24.2.